The summed E-state index contributed by atoms with van der Waals surface area (Å²) in [5.74, 6) is 0.889. The number of nitrogens with zero attached hydrogens (tertiary/aromatic N) is 1. The Hall–Kier alpha value is -1.05. The second-order valence-electron chi connectivity index (χ2n) is 3.91. The van der Waals surface area contributed by atoms with Gasteiger partial charge in [-0.05, 0) is 44.7 Å². The lowest BCUT2D eigenvalue weighted by Gasteiger charge is -2.15. The molecule has 2 rings (SSSR count). The zero-order valence-corrected chi connectivity index (χ0v) is 8.25. The monoisotopic (exact) mass is 176 g/mol. The second-order valence-corrected chi connectivity index (χ2v) is 3.91. The third-order valence-corrected chi connectivity index (χ3v) is 2.72. The first-order valence-corrected chi connectivity index (χ1v) is 4.95. The van der Waals surface area contributed by atoms with Crippen LogP contribution in [0.15, 0.2) is 18.3 Å². The first-order valence-electron chi connectivity index (χ1n) is 4.95. The number of aryl methyl sites for hydroxylation is 1. The van der Waals surface area contributed by atoms with Gasteiger partial charge in [-0.15, -0.1) is 0 Å². The Morgan fingerprint density at radius 3 is 2.92 bits per heavy atom. The SMILES string of the molecule is Cc1ncccc1N[C@@H](C)C1CC1. The molecule has 1 aromatic rings. The van der Waals surface area contributed by atoms with Crippen LogP contribution in [0.4, 0.5) is 5.69 Å². The van der Waals surface area contributed by atoms with E-state index >= 15 is 0 Å². The molecule has 0 saturated heterocycles. The molecule has 0 aromatic carbocycles. The van der Waals surface area contributed by atoms with Gasteiger partial charge in [0.15, 0.2) is 0 Å². The minimum absolute atomic E-state index is 0.600. The van der Waals surface area contributed by atoms with Gasteiger partial charge < -0.3 is 5.32 Å². The molecule has 0 spiro atoms. The Bertz CT molecular complexity index is 292. The molecule has 0 bridgehead atoms. The van der Waals surface area contributed by atoms with E-state index in [-0.39, 0.29) is 0 Å². The molecular formula is C11H16N2. The third-order valence-electron chi connectivity index (χ3n) is 2.72. The summed E-state index contributed by atoms with van der Waals surface area (Å²) in [6.07, 6.45) is 4.60. The second kappa shape index (κ2) is 3.36. The minimum atomic E-state index is 0.600. The highest BCUT2D eigenvalue weighted by Crippen LogP contribution is 2.34. The molecule has 0 amide bonds. The highest BCUT2D eigenvalue weighted by Gasteiger charge is 2.27. The topological polar surface area (TPSA) is 24.9 Å². The molecule has 1 atom stereocenters. The fraction of sp³-hybridized carbons (Fsp3) is 0.545. The predicted octanol–water partition coefficient (Wildman–Crippen LogP) is 2.60. The first kappa shape index (κ1) is 8.54. The minimum Gasteiger partial charge on any atom is -0.381 e. The van der Waals surface area contributed by atoms with Crippen molar-refractivity contribution in [1.29, 1.82) is 0 Å². The van der Waals surface area contributed by atoms with Crippen molar-refractivity contribution in [2.75, 3.05) is 5.32 Å². The molecule has 70 valence electrons. The van der Waals surface area contributed by atoms with Crippen LogP contribution in [0.25, 0.3) is 0 Å². The van der Waals surface area contributed by atoms with Crippen molar-refractivity contribution in [2.45, 2.75) is 32.7 Å². The van der Waals surface area contributed by atoms with Crippen molar-refractivity contribution in [3.8, 4) is 0 Å². The van der Waals surface area contributed by atoms with Gasteiger partial charge in [0, 0.05) is 12.2 Å². The van der Waals surface area contributed by atoms with Crippen LogP contribution >= 0.6 is 0 Å². The average Bonchev–Trinajstić information content (AvgIpc) is 2.91. The summed E-state index contributed by atoms with van der Waals surface area (Å²) >= 11 is 0. The molecule has 1 saturated carbocycles. The lowest BCUT2D eigenvalue weighted by atomic mass is 10.2. The van der Waals surface area contributed by atoms with Crippen LogP contribution in [0.5, 0.6) is 0 Å². The number of anilines is 1. The Morgan fingerprint density at radius 1 is 1.54 bits per heavy atom. The van der Waals surface area contributed by atoms with Crippen LogP contribution in [0, 0.1) is 12.8 Å². The van der Waals surface area contributed by atoms with Crippen molar-refractivity contribution >= 4 is 5.69 Å². The molecule has 2 nitrogen and oxygen atoms in total. The average molecular weight is 176 g/mol. The lowest BCUT2D eigenvalue weighted by molar-refractivity contribution is 0.693. The van der Waals surface area contributed by atoms with Crippen LogP contribution in [0.1, 0.15) is 25.5 Å². The van der Waals surface area contributed by atoms with Crippen LogP contribution in [-0.2, 0) is 0 Å². The van der Waals surface area contributed by atoms with Gasteiger partial charge in [0.05, 0.1) is 11.4 Å². The normalized spacial score (nSPS) is 18.3. The lowest BCUT2D eigenvalue weighted by Crippen LogP contribution is -2.18. The van der Waals surface area contributed by atoms with E-state index in [0.29, 0.717) is 6.04 Å². The van der Waals surface area contributed by atoms with E-state index in [4.69, 9.17) is 0 Å². The summed E-state index contributed by atoms with van der Waals surface area (Å²) in [4.78, 5) is 4.25. The number of nitrogens with one attached hydrogen (secondary N) is 1. The molecule has 13 heavy (non-hydrogen) atoms. The fourth-order valence-electron chi connectivity index (χ4n) is 1.60. The van der Waals surface area contributed by atoms with Crippen LogP contribution in [0.2, 0.25) is 0 Å². The van der Waals surface area contributed by atoms with Gasteiger partial charge in [-0.3, -0.25) is 4.98 Å². The van der Waals surface area contributed by atoms with Gasteiger partial charge in [0.25, 0.3) is 0 Å². The van der Waals surface area contributed by atoms with E-state index in [1.165, 1.54) is 18.5 Å². The first-order chi connectivity index (χ1) is 6.27. The highest BCUT2D eigenvalue weighted by atomic mass is 14.9. The predicted molar refractivity (Wildman–Crippen MR) is 54.8 cm³/mol. The van der Waals surface area contributed by atoms with Crippen molar-refractivity contribution < 1.29 is 0 Å². The van der Waals surface area contributed by atoms with Gasteiger partial charge >= 0.3 is 0 Å². The summed E-state index contributed by atoms with van der Waals surface area (Å²) in [5, 5.41) is 3.51. The summed E-state index contributed by atoms with van der Waals surface area (Å²) in [5.41, 5.74) is 2.27. The van der Waals surface area contributed by atoms with Gasteiger partial charge in [-0.2, -0.15) is 0 Å². The number of aromatic nitrogens is 1. The van der Waals surface area contributed by atoms with E-state index < -0.39 is 0 Å². The maximum absolute atomic E-state index is 4.25. The number of hydrogen-bond acceptors (Lipinski definition) is 2. The molecule has 0 unspecified atom stereocenters. The van der Waals surface area contributed by atoms with Gasteiger partial charge in [0.2, 0.25) is 0 Å². The largest absolute Gasteiger partial charge is 0.381 e. The van der Waals surface area contributed by atoms with Crippen molar-refractivity contribution in [3.63, 3.8) is 0 Å². The molecule has 1 fully saturated rings. The van der Waals surface area contributed by atoms with Gasteiger partial charge in [0.1, 0.15) is 0 Å². The van der Waals surface area contributed by atoms with Crippen LogP contribution in [-0.4, -0.2) is 11.0 Å². The molecule has 0 aliphatic heterocycles. The van der Waals surface area contributed by atoms with E-state index in [2.05, 4.69) is 23.3 Å². The molecule has 2 heteroatoms. The van der Waals surface area contributed by atoms with Gasteiger partial charge in [-0.25, -0.2) is 0 Å². The number of rotatable bonds is 3. The Kier molecular flexibility index (Phi) is 2.21. The molecule has 1 aromatic heterocycles. The zero-order chi connectivity index (χ0) is 9.26. The summed E-state index contributed by atoms with van der Waals surface area (Å²) in [6, 6.07) is 4.68. The van der Waals surface area contributed by atoms with E-state index in [1.54, 1.807) is 0 Å². The standard InChI is InChI=1S/C11H16N2/c1-8(10-5-6-10)13-11-4-3-7-12-9(11)2/h3-4,7-8,10,13H,5-6H2,1-2H3/t8-/m0/s1. The highest BCUT2D eigenvalue weighted by molar-refractivity contribution is 5.47. The quantitative estimate of drug-likeness (QED) is 0.765. The van der Waals surface area contributed by atoms with E-state index in [0.717, 1.165) is 11.6 Å². The van der Waals surface area contributed by atoms with Crippen LogP contribution in [0.3, 0.4) is 0 Å². The fourth-order valence-corrected chi connectivity index (χ4v) is 1.60. The number of pyridine rings is 1. The van der Waals surface area contributed by atoms with E-state index in [9.17, 15) is 0 Å². The molecule has 1 aliphatic rings. The number of hydrogen-bond donors (Lipinski definition) is 1. The summed E-state index contributed by atoms with van der Waals surface area (Å²) < 4.78 is 0. The van der Waals surface area contributed by atoms with Crippen molar-refractivity contribution in [3.05, 3.63) is 24.0 Å². The van der Waals surface area contributed by atoms with Crippen molar-refractivity contribution in [2.24, 2.45) is 5.92 Å². The molecule has 1 N–H and O–H groups in total. The maximum Gasteiger partial charge on any atom is 0.0603 e. The molecule has 1 aliphatic carbocycles. The Labute approximate surface area is 79.4 Å². The van der Waals surface area contributed by atoms with Crippen molar-refractivity contribution in [1.82, 2.24) is 4.98 Å². The smallest absolute Gasteiger partial charge is 0.0603 e. The molecule has 0 radical (unpaired) electrons. The summed E-state index contributed by atoms with van der Waals surface area (Å²) in [7, 11) is 0. The van der Waals surface area contributed by atoms with E-state index in [1.807, 2.05) is 19.2 Å². The summed E-state index contributed by atoms with van der Waals surface area (Å²) in [6.45, 7) is 4.30. The van der Waals surface area contributed by atoms with Gasteiger partial charge in [-0.1, -0.05) is 0 Å². The third kappa shape index (κ3) is 2.00. The Morgan fingerprint density at radius 2 is 2.31 bits per heavy atom. The Balaban J connectivity index is 2.03. The zero-order valence-electron chi connectivity index (χ0n) is 8.25. The maximum atomic E-state index is 4.25. The molecular weight excluding hydrogens is 160 g/mol. The van der Waals surface area contributed by atoms with Crippen LogP contribution < -0.4 is 5.32 Å². The molecule has 1 heterocycles.